The average molecular weight is 348 g/mol. The van der Waals surface area contributed by atoms with Gasteiger partial charge in [-0.25, -0.2) is 4.98 Å². The molecule has 0 aliphatic heterocycles. The quantitative estimate of drug-likeness (QED) is 0.737. The first kappa shape index (κ1) is 17.0. The number of carbonyl (C=O) groups excluding carboxylic acids is 1. The van der Waals surface area contributed by atoms with Crippen LogP contribution in [0.5, 0.6) is 0 Å². The summed E-state index contributed by atoms with van der Waals surface area (Å²) in [6, 6.07) is 7.78. The summed E-state index contributed by atoms with van der Waals surface area (Å²) in [7, 11) is 1.65. The lowest BCUT2D eigenvalue weighted by Gasteiger charge is -2.22. The zero-order valence-corrected chi connectivity index (χ0v) is 14.6. The average Bonchev–Trinajstić information content (AvgIpc) is 3.35. The summed E-state index contributed by atoms with van der Waals surface area (Å²) in [5.74, 6) is 1.26. The van der Waals surface area contributed by atoms with Crippen LogP contribution in [0.1, 0.15) is 24.2 Å². The highest BCUT2D eigenvalue weighted by Crippen LogP contribution is 2.31. The summed E-state index contributed by atoms with van der Waals surface area (Å²) in [4.78, 5) is 18.8. The summed E-state index contributed by atoms with van der Waals surface area (Å²) < 4.78 is 7.19. The van der Waals surface area contributed by atoms with Crippen molar-refractivity contribution < 1.29 is 9.53 Å². The maximum absolute atomic E-state index is 12.5. The van der Waals surface area contributed by atoms with Crippen molar-refractivity contribution in [2.75, 3.05) is 20.3 Å². The standard InChI is InChI=1S/C18H22ClN3O2/c1-24-11-10-22(18(23)14-6-7-14)13-17-20-8-9-21(17)12-15-4-2-3-5-16(15)19/h2-5,8-9,14H,6-7,10-13H2,1H3. The fourth-order valence-electron chi connectivity index (χ4n) is 2.67. The van der Waals surface area contributed by atoms with Gasteiger partial charge in [-0.15, -0.1) is 0 Å². The molecule has 0 spiro atoms. The second-order valence-corrected chi connectivity index (χ2v) is 6.50. The summed E-state index contributed by atoms with van der Waals surface area (Å²) in [6.45, 7) is 2.26. The molecule has 1 aromatic heterocycles. The van der Waals surface area contributed by atoms with Gasteiger partial charge < -0.3 is 14.2 Å². The molecule has 1 fully saturated rings. The Morgan fingerprint density at radius 3 is 2.92 bits per heavy atom. The van der Waals surface area contributed by atoms with Crippen LogP contribution in [0.3, 0.4) is 0 Å². The minimum absolute atomic E-state index is 0.189. The van der Waals surface area contributed by atoms with Crippen LogP contribution in [-0.4, -0.2) is 40.6 Å². The van der Waals surface area contributed by atoms with E-state index in [9.17, 15) is 4.79 Å². The van der Waals surface area contributed by atoms with Gasteiger partial charge in [0, 0.05) is 37.0 Å². The highest BCUT2D eigenvalue weighted by Gasteiger charge is 2.33. The van der Waals surface area contributed by atoms with Crippen LogP contribution in [0.25, 0.3) is 0 Å². The number of hydrogen-bond donors (Lipinski definition) is 0. The highest BCUT2D eigenvalue weighted by molar-refractivity contribution is 6.31. The summed E-state index contributed by atoms with van der Waals surface area (Å²) in [6.07, 6.45) is 5.68. The van der Waals surface area contributed by atoms with Crippen molar-refractivity contribution in [3.8, 4) is 0 Å². The lowest BCUT2D eigenvalue weighted by Crippen LogP contribution is -2.35. The van der Waals surface area contributed by atoms with Gasteiger partial charge in [0.2, 0.25) is 5.91 Å². The van der Waals surface area contributed by atoms with Crippen molar-refractivity contribution in [2.45, 2.75) is 25.9 Å². The van der Waals surface area contributed by atoms with E-state index in [4.69, 9.17) is 16.3 Å². The molecule has 1 aliphatic rings. The maximum atomic E-state index is 12.5. The second-order valence-electron chi connectivity index (χ2n) is 6.09. The topological polar surface area (TPSA) is 47.4 Å². The van der Waals surface area contributed by atoms with E-state index in [0.29, 0.717) is 26.2 Å². The molecule has 0 saturated heterocycles. The lowest BCUT2D eigenvalue weighted by molar-refractivity contribution is -0.134. The van der Waals surface area contributed by atoms with Gasteiger partial charge in [0.15, 0.2) is 0 Å². The van der Waals surface area contributed by atoms with Crippen LogP contribution in [0, 0.1) is 5.92 Å². The predicted octanol–water partition coefficient (Wildman–Crippen LogP) is 2.97. The van der Waals surface area contributed by atoms with Crippen LogP contribution in [0.4, 0.5) is 0 Å². The molecule has 0 radical (unpaired) electrons. The molecule has 128 valence electrons. The van der Waals surface area contributed by atoms with Gasteiger partial charge in [-0.2, -0.15) is 0 Å². The summed E-state index contributed by atoms with van der Waals surface area (Å²) >= 11 is 6.25. The lowest BCUT2D eigenvalue weighted by atomic mass is 10.2. The van der Waals surface area contributed by atoms with E-state index in [1.54, 1.807) is 13.3 Å². The molecule has 1 heterocycles. The molecule has 1 aromatic carbocycles. The van der Waals surface area contributed by atoms with Gasteiger partial charge in [0.25, 0.3) is 0 Å². The molecule has 3 rings (SSSR count). The number of ether oxygens (including phenoxy) is 1. The largest absolute Gasteiger partial charge is 0.383 e. The van der Waals surface area contributed by atoms with Gasteiger partial charge in [-0.05, 0) is 24.5 Å². The van der Waals surface area contributed by atoms with Crippen molar-refractivity contribution in [2.24, 2.45) is 5.92 Å². The number of amides is 1. The number of halogens is 1. The SMILES string of the molecule is COCCN(Cc1nccn1Cc1ccccc1Cl)C(=O)C1CC1. The van der Waals surface area contributed by atoms with Crippen LogP contribution in [-0.2, 0) is 22.6 Å². The van der Waals surface area contributed by atoms with Gasteiger partial charge in [-0.3, -0.25) is 4.79 Å². The molecule has 1 saturated carbocycles. The number of benzene rings is 1. The van der Waals surface area contributed by atoms with E-state index < -0.39 is 0 Å². The van der Waals surface area contributed by atoms with Crippen LogP contribution in [0.2, 0.25) is 5.02 Å². The Morgan fingerprint density at radius 2 is 2.21 bits per heavy atom. The number of carbonyl (C=O) groups is 1. The molecule has 0 N–H and O–H groups in total. The Labute approximate surface area is 147 Å². The first-order chi connectivity index (χ1) is 11.7. The van der Waals surface area contributed by atoms with Gasteiger partial charge in [0.1, 0.15) is 5.82 Å². The maximum Gasteiger partial charge on any atom is 0.226 e. The molecular formula is C18H22ClN3O2. The van der Waals surface area contributed by atoms with Crippen molar-refractivity contribution in [1.29, 1.82) is 0 Å². The third kappa shape index (κ3) is 4.16. The minimum atomic E-state index is 0.189. The van der Waals surface area contributed by atoms with Crippen LogP contribution < -0.4 is 0 Å². The second kappa shape index (κ2) is 7.81. The third-order valence-electron chi connectivity index (χ3n) is 4.24. The zero-order chi connectivity index (χ0) is 16.9. The predicted molar refractivity (Wildman–Crippen MR) is 92.8 cm³/mol. The third-order valence-corrected chi connectivity index (χ3v) is 4.60. The fourth-order valence-corrected chi connectivity index (χ4v) is 2.87. The molecule has 0 unspecified atom stereocenters. The normalized spacial score (nSPS) is 13.9. The highest BCUT2D eigenvalue weighted by atomic mass is 35.5. The van der Waals surface area contributed by atoms with E-state index in [2.05, 4.69) is 4.98 Å². The summed E-state index contributed by atoms with van der Waals surface area (Å²) in [5, 5.41) is 0.738. The monoisotopic (exact) mass is 347 g/mol. The number of nitrogens with zero attached hydrogens (tertiary/aromatic N) is 3. The van der Waals surface area contributed by atoms with E-state index in [0.717, 1.165) is 29.3 Å². The van der Waals surface area contributed by atoms with E-state index in [1.165, 1.54) is 0 Å². The van der Waals surface area contributed by atoms with Gasteiger partial charge >= 0.3 is 0 Å². The molecule has 5 nitrogen and oxygen atoms in total. The number of rotatable bonds is 8. The number of aromatic nitrogens is 2. The molecule has 6 heteroatoms. The number of hydrogen-bond acceptors (Lipinski definition) is 3. The molecule has 1 amide bonds. The fraction of sp³-hybridized carbons (Fsp3) is 0.444. The molecule has 2 aromatic rings. The Hall–Kier alpha value is -1.85. The van der Waals surface area contributed by atoms with Gasteiger partial charge in [-0.1, -0.05) is 29.8 Å². The van der Waals surface area contributed by atoms with E-state index in [-0.39, 0.29) is 11.8 Å². The van der Waals surface area contributed by atoms with Crippen molar-refractivity contribution in [3.63, 3.8) is 0 Å². The number of imidazole rings is 1. The molecular weight excluding hydrogens is 326 g/mol. The zero-order valence-electron chi connectivity index (χ0n) is 13.8. The van der Waals surface area contributed by atoms with E-state index in [1.807, 2.05) is 39.9 Å². The molecule has 1 aliphatic carbocycles. The molecule has 24 heavy (non-hydrogen) atoms. The van der Waals surface area contributed by atoms with Crippen LogP contribution >= 0.6 is 11.6 Å². The van der Waals surface area contributed by atoms with Crippen LogP contribution in [0.15, 0.2) is 36.7 Å². The van der Waals surface area contributed by atoms with E-state index >= 15 is 0 Å². The smallest absolute Gasteiger partial charge is 0.226 e. The Bertz CT molecular complexity index is 697. The summed E-state index contributed by atoms with van der Waals surface area (Å²) in [5.41, 5.74) is 1.04. The number of methoxy groups -OCH3 is 1. The molecule has 0 bridgehead atoms. The van der Waals surface area contributed by atoms with Crippen molar-refractivity contribution in [3.05, 3.63) is 53.1 Å². The first-order valence-corrected chi connectivity index (χ1v) is 8.58. The first-order valence-electron chi connectivity index (χ1n) is 8.20. The molecule has 0 atom stereocenters. The Morgan fingerprint density at radius 1 is 1.42 bits per heavy atom. The minimum Gasteiger partial charge on any atom is -0.383 e. The Balaban J connectivity index is 1.73. The van der Waals surface area contributed by atoms with Gasteiger partial charge in [0.05, 0.1) is 19.7 Å². The van der Waals surface area contributed by atoms with Crippen molar-refractivity contribution >= 4 is 17.5 Å². The van der Waals surface area contributed by atoms with Crippen molar-refractivity contribution in [1.82, 2.24) is 14.5 Å². The Kier molecular flexibility index (Phi) is 5.53.